The van der Waals surface area contributed by atoms with Gasteiger partial charge in [0.1, 0.15) is 5.75 Å². The Labute approximate surface area is 115 Å². The monoisotopic (exact) mass is 280 g/mol. The normalized spacial score (nSPS) is 9.80. The van der Waals surface area contributed by atoms with Crippen LogP contribution >= 0.6 is 0 Å². The first kappa shape index (κ1) is 15.5. The Balaban J connectivity index is 2.40. The number of benzene rings is 1. The lowest BCUT2D eigenvalue weighted by Crippen LogP contribution is -2.14. The third kappa shape index (κ3) is 6.39. The summed E-state index contributed by atoms with van der Waals surface area (Å²) >= 11 is 0. The molecule has 0 saturated carbocycles. The number of carbonyl (C=O) groups excluding carboxylic acids is 2. The molecule has 0 unspecified atom stereocenters. The minimum Gasteiger partial charge on any atom is -0.493 e. The number of anilines is 1. The van der Waals surface area contributed by atoms with Crippen LogP contribution in [0.1, 0.15) is 19.3 Å². The van der Waals surface area contributed by atoms with Gasteiger partial charge in [0.15, 0.2) is 0 Å². The number of aliphatic carboxylic acids is 1. The molecule has 20 heavy (non-hydrogen) atoms. The molecule has 0 atom stereocenters. The van der Waals surface area contributed by atoms with Crippen LogP contribution in [0.4, 0.5) is 5.69 Å². The summed E-state index contributed by atoms with van der Waals surface area (Å²) in [4.78, 5) is 32.2. The number of carbonyl (C=O) groups is 3. The van der Waals surface area contributed by atoms with Crippen molar-refractivity contribution >= 4 is 23.5 Å². The molecule has 1 aromatic rings. The number of nitrogens with one attached hydrogen (secondary N) is 1. The maximum Gasteiger partial charge on any atom is 0.303 e. The van der Waals surface area contributed by atoms with E-state index in [2.05, 4.69) is 5.32 Å². The molecular weight excluding hydrogens is 264 g/mol. The van der Waals surface area contributed by atoms with Crippen molar-refractivity contribution in [3.8, 4) is 5.75 Å². The SMILES string of the molecule is NC(=O)CCOc1ccc(NC(=O)CCC(=O)O)cc1. The van der Waals surface area contributed by atoms with Crippen LogP contribution < -0.4 is 15.8 Å². The van der Waals surface area contributed by atoms with Gasteiger partial charge in [-0.3, -0.25) is 14.4 Å². The Morgan fingerprint density at radius 1 is 1.10 bits per heavy atom. The molecular formula is C13H16N2O5. The second-order valence-corrected chi connectivity index (χ2v) is 4.03. The van der Waals surface area contributed by atoms with Crippen LogP contribution in [-0.2, 0) is 14.4 Å². The molecule has 0 heterocycles. The van der Waals surface area contributed by atoms with E-state index in [0.29, 0.717) is 11.4 Å². The van der Waals surface area contributed by atoms with Crippen LogP contribution in [0.15, 0.2) is 24.3 Å². The van der Waals surface area contributed by atoms with Crippen molar-refractivity contribution in [2.24, 2.45) is 5.73 Å². The van der Waals surface area contributed by atoms with Crippen molar-refractivity contribution in [1.29, 1.82) is 0 Å². The molecule has 1 rings (SSSR count). The largest absolute Gasteiger partial charge is 0.493 e. The molecule has 0 bridgehead atoms. The molecule has 0 saturated heterocycles. The van der Waals surface area contributed by atoms with Crippen LogP contribution in [0.3, 0.4) is 0 Å². The maximum atomic E-state index is 11.4. The van der Waals surface area contributed by atoms with Crippen LogP contribution in [0.2, 0.25) is 0 Å². The average Bonchev–Trinajstić information content (AvgIpc) is 2.38. The van der Waals surface area contributed by atoms with Gasteiger partial charge in [-0.2, -0.15) is 0 Å². The molecule has 7 nitrogen and oxygen atoms in total. The zero-order valence-corrected chi connectivity index (χ0v) is 10.8. The molecule has 0 spiro atoms. The van der Waals surface area contributed by atoms with E-state index in [-0.39, 0.29) is 31.8 Å². The highest BCUT2D eigenvalue weighted by Gasteiger charge is 2.05. The highest BCUT2D eigenvalue weighted by atomic mass is 16.5. The lowest BCUT2D eigenvalue weighted by atomic mass is 10.2. The summed E-state index contributed by atoms with van der Waals surface area (Å²) in [6.07, 6.45) is -0.153. The predicted molar refractivity (Wildman–Crippen MR) is 71.2 cm³/mol. The van der Waals surface area contributed by atoms with Crippen molar-refractivity contribution in [3.63, 3.8) is 0 Å². The number of amides is 2. The zero-order valence-electron chi connectivity index (χ0n) is 10.8. The smallest absolute Gasteiger partial charge is 0.303 e. The number of hydrogen-bond acceptors (Lipinski definition) is 4. The van der Waals surface area contributed by atoms with Crippen molar-refractivity contribution in [2.75, 3.05) is 11.9 Å². The topological polar surface area (TPSA) is 119 Å². The fourth-order valence-corrected chi connectivity index (χ4v) is 1.35. The third-order valence-electron chi connectivity index (χ3n) is 2.32. The van der Waals surface area contributed by atoms with E-state index in [1.165, 1.54) is 0 Å². The molecule has 0 fully saturated rings. The Bertz CT molecular complexity index is 484. The first-order valence-electron chi connectivity index (χ1n) is 6.00. The zero-order chi connectivity index (χ0) is 15.0. The van der Waals surface area contributed by atoms with Gasteiger partial charge in [-0.1, -0.05) is 0 Å². The molecule has 7 heteroatoms. The highest BCUT2D eigenvalue weighted by molar-refractivity contribution is 5.92. The van der Waals surface area contributed by atoms with Gasteiger partial charge in [0.05, 0.1) is 19.4 Å². The second-order valence-electron chi connectivity index (χ2n) is 4.03. The minimum absolute atomic E-state index is 0.0772. The molecule has 1 aromatic carbocycles. The number of primary amides is 1. The van der Waals surface area contributed by atoms with Crippen LogP contribution in [0.5, 0.6) is 5.75 Å². The van der Waals surface area contributed by atoms with Gasteiger partial charge in [-0.15, -0.1) is 0 Å². The fraction of sp³-hybridized carbons (Fsp3) is 0.308. The summed E-state index contributed by atoms with van der Waals surface area (Å²) < 4.78 is 5.26. The summed E-state index contributed by atoms with van der Waals surface area (Å²) in [5.41, 5.74) is 5.52. The lowest BCUT2D eigenvalue weighted by molar-refractivity contribution is -0.138. The number of nitrogens with two attached hydrogens (primary N) is 1. The van der Waals surface area contributed by atoms with Gasteiger partial charge in [0, 0.05) is 12.1 Å². The van der Waals surface area contributed by atoms with Gasteiger partial charge in [-0.05, 0) is 24.3 Å². The molecule has 0 aliphatic rings. The number of carboxylic acid groups (broad SMARTS) is 1. The Hall–Kier alpha value is -2.57. The van der Waals surface area contributed by atoms with Crippen molar-refractivity contribution in [3.05, 3.63) is 24.3 Å². The molecule has 0 aliphatic heterocycles. The van der Waals surface area contributed by atoms with Crippen molar-refractivity contribution in [2.45, 2.75) is 19.3 Å². The van der Waals surface area contributed by atoms with Crippen molar-refractivity contribution in [1.82, 2.24) is 0 Å². The number of carboxylic acids is 1. The fourth-order valence-electron chi connectivity index (χ4n) is 1.35. The van der Waals surface area contributed by atoms with Crippen molar-refractivity contribution < 1.29 is 24.2 Å². The molecule has 2 amide bonds. The molecule has 4 N–H and O–H groups in total. The lowest BCUT2D eigenvalue weighted by Gasteiger charge is -2.07. The summed E-state index contributed by atoms with van der Waals surface area (Å²) in [5, 5.41) is 11.0. The van der Waals surface area contributed by atoms with E-state index in [4.69, 9.17) is 15.6 Å². The van der Waals surface area contributed by atoms with Crippen LogP contribution in [0.25, 0.3) is 0 Å². The number of hydrogen-bond donors (Lipinski definition) is 3. The Kier molecular flexibility index (Phi) is 6.02. The van der Waals surface area contributed by atoms with Crippen LogP contribution in [0, 0.1) is 0 Å². The van der Waals surface area contributed by atoms with E-state index >= 15 is 0 Å². The second kappa shape index (κ2) is 7.78. The number of ether oxygens (including phenoxy) is 1. The standard InChI is InChI=1S/C13H16N2O5/c14-11(16)7-8-20-10-3-1-9(2-4-10)15-12(17)5-6-13(18)19/h1-4H,5-8H2,(H2,14,16)(H,15,17)(H,18,19). The summed E-state index contributed by atoms with van der Waals surface area (Å²) in [7, 11) is 0. The van der Waals surface area contributed by atoms with Gasteiger partial charge in [0.2, 0.25) is 11.8 Å². The minimum atomic E-state index is -1.02. The first-order chi connectivity index (χ1) is 9.47. The van der Waals surface area contributed by atoms with Gasteiger partial charge in [-0.25, -0.2) is 0 Å². The quantitative estimate of drug-likeness (QED) is 0.649. The van der Waals surface area contributed by atoms with Gasteiger partial charge < -0.3 is 20.9 Å². The van der Waals surface area contributed by atoms with Gasteiger partial charge in [0.25, 0.3) is 0 Å². The van der Waals surface area contributed by atoms with E-state index in [9.17, 15) is 14.4 Å². The Morgan fingerprint density at radius 3 is 2.30 bits per heavy atom. The first-order valence-corrected chi connectivity index (χ1v) is 6.00. The average molecular weight is 280 g/mol. The summed E-state index contributed by atoms with van der Waals surface area (Å²) in [6.45, 7) is 0.194. The van der Waals surface area contributed by atoms with E-state index < -0.39 is 11.9 Å². The summed E-state index contributed by atoms with van der Waals surface area (Å²) in [6, 6.07) is 6.51. The van der Waals surface area contributed by atoms with E-state index in [1.807, 2.05) is 0 Å². The maximum absolute atomic E-state index is 11.4. The molecule has 108 valence electrons. The van der Waals surface area contributed by atoms with E-state index in [0.717, 1.165) is 0 Å². The van der Waals surface area contributed by atoms with Crippen LogP contribution in [-0.4, -0.2) is 29.5 Å². The van der Waals surface area contributed by atoms with Gasteiger partial charge >= 0.3 is 5.97 Å². The highest BCUT2D eigenvalue weighted by Crippen LogP contribution is 2.16. The summed E-state index contributed by atoms with van der Waals surface area (Å²) in [5.74, 6) is -1.27. The molecule has 0 aromatic heterocycles. The molecule has 0 radical (unpaired) electrons. The Morgan fingerprint density at radius 2 is 1.75 bits per heavy atom. The predicted octanol–water partition coefficient (Wildman–Crippen LogP) is 0.744. The number of rotatable bonds is 8. The van der Waals surface area contributed by atoms with E-state index in [1.54, 1.807) is 24.3 Å². The molecule has 0 aliphatic carbocycles. The third-order valence-corrected chi connectivity index (χ3v) is 2.32.